The Morgan fingerprint density at radius 2 is 0.837 bits per heavy atom. The van der Waals surface area contributed by atoms with Crippen molar-refractivity contribution >= 4 is 55.5 Å². The fourth-order valence-corrected chi connectivity index (χ4v) is 4.20. The van der Waals surface area contributed by atoms with Gasteiger partial charge in [0, 0.05) is 51.9 Å². The summed E-state index contributed by atoms with van der Waals surface area (Å²) in [4.78, 5) is 38.5. The van der Waals surface area contributed by atoms with E-state index in [0.29, 0.717) is 5.56 Å². The number of carboxylic acids is 1. The number of nitrogens with zero attached hydrogens (tertiary/aromatic N) is 4. The van der Waals surface area contributed by atoms with Crippen molar-refractivity contribution < 1.29 is 71.6 Å². The predicted octanol–water partition coefficient (Wildman–Crippen LogP) is -1.68. The van der Waals surface area contributed by atoms with Gasteiger partial charge in [-0.05, 0) is 36.4 Å². The average Bonchev–Trinajstić information content (AvgIpc) is 3.07. The van der Waals surface area contributed by atoms with Crippen molar-refractivity contribution in [2.45, 2.75) is 0 Å². The van der Waals surface area contributed by atoms with Gasteiger partial charge in [0.05, 0.1) is 34.6 Å². The van der Waals surface area contributed by atoms with Crippen molar-refractivity contribution in [2.75, 3.05) is 6.54 Å². The summed E-state index contributed by atoms with van der Waals surface area (Å²) < 4.78 is 34.0. The Morgan fingerprint density at radius 1 is 0.531 bits per heavy atom. The maximum atomic E-state index is 11.1. The number of halogens is 1. The number of carbonyl (C=O) groups is 2. The third-order valence-corrected chi connectivity index (χ3v) is 6.12. The molecule has 0 saturated carbocycles. The van der Waals surface area contributed by atoms with Crippen LogP contribution in [0.2, 0.25) is 0 Å². The van der Waals surface area contributed by atoms with E-state index in [0.717, 1.165) is 43.6 Å². The molecule has 4 aromatic heterocycles. The molecule has 0 atom stereocenters. The van der Waals surface area contributed by atoms with E-state index in [4.69, 9.17) is 18.6 Å². The third-order valence-electron chi connectivity index (χ3n) is 6.12. The van der Waals surface area contributed by atoms with E-state index in [1.165, 1.54) is 0 Å². The van der Waals surface area contributed by atoms with Crippen molar-refractivity contribution in [3.63, 3.8) is 0 Å². The van der Waals surface area contributed by atoms with Crippen LogP contribution in [0.15, 0.2) is 128 Å². The zero-order valence-corrected chi connectivity index (χ0v) is 26.9. The van der Waals surface area contributed by atoms with E-state index in [1.54, 1.807) is 55.1 Å². The van der Waals surface area contributed by atoms with Gasteiger partial charge in [0.15, 0.2) is 0 Å². The molecule has 0 aliphatic heterocycles. The Kier molecular flexibility index (Phi) is 17.3. The molecule has 3 aromatic carbocycles. The summed E-state index contributed by atoms with van der Waals surface area (Å²) in [6.07, 6.45) is 7.21. The van der Waals surface area contributed by atoms with Crippen LogP contribution in [0, 0.1) is 10.2 Å². The molecule has 0 unspecified atom stereocenters. The van der Waals surface area contributed by atoms with E-state index >= 15 is 0 Å². The van der Waals surface area contributed by atoms with Gasteiger partial charge in [0.1, 0.15) is 0 Å². The van der Waals surface area contributed by atoms with E-state index in [-0.39, 0.29) is 28.0 Å². The number of rotatable bonds is 3. The number of hydrogen-bond donors (Lipinski definition) is 1. The second-order valence-corrected chi connectivity index (χ2v) is 9.99. The first-order valence-electron chi connectivity index (χ1n) is 13.4. The van der Waals surface area contributed by atoms with Crippen molar-refractivity contribution in [3.8, 4) is 0 Å². The van der Waals surface area contributed by atoms with E-state index in [9.17, 15) is 14.7 Å². The predicted molar refractivity (Wildman–Crippen MR) is 165 cm³/mol. The third kappa shape index (κ3) is 13.1. The number of aliphatic carboxylic acids is 1. The van der Waals surface area contributed by atoms with Crippen LogP contribution in [0.4, 0.5) is 0 Å². The van der Waals surface area contributed by atoms with Gasteiger partial charge in [0.25, 0.3) is 5.91 Å². The molecular weight excluding hydrogens is 709 g/mol. The van der Waals surface area contributed by atoms with Crippen LogP contribution in [0.25, 0.3) is 43.6 Å². The Morgan fingerprint density at radius 3 is 1.12 bits per heavy atom. The minimum Gasteiger partial charge on any atom is -0.548 e. The Labute approximate surface area is 291 Å². The zero-order valence-electron chi connectivity index (χ0n) is 25.2. The van der Waals surface area contributed by atoms with Gasteiger partial charge in [-0.3, -0.25) is 24.7 Å². The molecule has 0 aliphatic rings. The molecule has 0 fully saturated rings. The Balaban J connectivity index is 0.000000335. The molecule has 0 bridgehead atoms. The van der Waals surface area contributed by atoms with Gasteiger partial charge in [0.2, 0.25) is 0 Å². The average molecular weight is 738 g/mol. The Hall–Kier alpha value is -5.19. The summed E-state index contributed by atoms with van der Waals surface area (Å²) in [5.41, 5.74) is 4.34. The molecule has 0 aliphatic carbocycles. The molecule has 0 spiro atoms. The quantitative estimate of drug-likeness (QED) is 0.158. The molecule has 14 nitrogen and oxygen atoms in total. The maximum absolute atomic E-state index is 11.1. The number of benzene rings is 3. The molecule has 1 radical (unpaired) electrons. The second kappa shape index (κ2) is 20.2. The Bertz CT molecular complexity index is 1860. The maximum Gasteiger partial charge on any atom is 2.00 e. The number of amides is 1. The summed E-state index contributed by atoms with van der Waals surface area (Å²) >= 11 is 0. The normalized spacial score (nSPS) is 9.88. The summed E-state index contributed by atoms with van der Waals surface area (Å²) in [6, 6.07) is 32.7. The van der Waals surface area contributed by atoms with Gasteiger partial charge >= 0.3 is 17.1 Å². The van der Waals surface area contributed by atoms with Crippen LogP contribution in [-0.4, -0.2) is 49.3 Å². The summed E-state index contributed by atoms with van der Waals surface area (Å²) in [5, 5.41) is 16.8. The van der Waals surface area contributed by atoms with Crippen LogP contribution < -0.4 is 29.1 Å². The van der Waals surface area contributed by atoms with Crippen LogP contribution in [0.1, 0.15) is 10.4 Å². The number of hydrogen-bond acceptors (Lipinski definition) is 11. The molecule has 0 saturated heterocycles. The minimum absolute atomic E-state index is 0. The van der Waals surface area contributed by atoms with Crippen LogP contribution in [0.5, 0.6) is 0 Å². The smallest absolute Gasteiger partial charge is 0.548 e. The fraction of sp³-hybridized carbons (Fsp3) is 0.0303. The topological polar surface area (TPSA) is 276 Å². The molecule has 5 N–H and O–H groups in total. The molecule has 16 heteroatoms. The number of pyridine rings is 4. The van der Waals surface area contributed by atoms with E-state index in [1.807, 2.05) is 24.3 Å². The second-order valence-electron chi connectivity index (χ2n) is 9.23. The minimum atomic E-state index is -4.94. The van der Waals surface area contributed by atoms with Crippen molar-refractivity contribution in [1.82, 2.24) is 25.3 Å². The number of aromatic nitrogens is 4. The molecule has 49 heavy (non-hydrogen) atoms. The van der Waals surface area contributed by atoms with Crippen LogP contribution in [0.3, 0.4) is 0 Å². The van der Waals surface area contributed by atoms with Gasteiger partial charge in [-0.1, -0.05) is 66.7 Å². The summed E-state index contributed by atoms with van der Waals surface area (Å²) in [6.45, 7) is -0.465. The molecule has 4 heterocycles. The molecule has 7 rings (SSSR count). The van der Waals surface area contributed by atoms with Gasteiger partial charge in [-0.25, -0.2) is 18.6 Å². The summed E-state index contributed by atoms with van der Waals surface area (Å²) in [5.74, 6) is -1.71. The van der Waals surface area contributed by atoms with Crippen molar-refractivity contribution in [1.29, 1.82) is 0 Å². The molecule has 1 amide bonds. The largest absolute Gasteiger partial charge is 2.00 e. The number of fused-ring (bicyclic) bond motifs is 6. The van der Waals surface area contributed by atoms with E-state index in [2.05, 4.69) is 73.8 Å². The first-order chi connectivity index (χ1) is 22.1. The van der Waals surface area contributed by atoms with E-state index < -0.39 is 28.7 Å². The fourth-order valence-electron chi connectivity index (χ4n) is 4.20. The number of nitrogens with one attached hydrogen (secondary N) is 1. The van der Waals surface area contributed by atoms with Crippen molar-refractivity contribution in [2.24, 2.45) is 0 Å². The van der Waals surface area contributed by atoms with Gasteiger partial charge in [-0.15, -0.1) is 10.2 Å². The molecule has 7 aromatic rings. The number of carboxylic acid groups (broad SMARTS) is 1. The first-order valence-corrected chi connectivity index (χ1v) is 14.7. The SMILES string of the molecule is O.O.O=C([O-])CNC(=O)c1ccccc1.[Cu+2].[O-][Cl+3]([O-])([O-])[O-].c1cnc2c(c1)ccc1cccnc12.c1cnc2c(c1)ccc1cccnc12. The monoisotopic (exact) mass is 736 g/mol. The first kappa shape index (κ1) is 41.8. The molecular formula is C33H28ClCuN5O9. The molecule has 257 valence electrons. The van der Waals surface area contributed by atoms with Gasteiger partial charge < -0.3 is 26.2 Å². The van der Waals surface area contributed by atoms with Crippen molar-refractivity contribution in [3.05, 3.63) is 133 Å². The zero-order chi connectivity index (χ0) is 32.9. The van der Waals surface area contributed by atoms with Crippen LogP contribution in [-0.2, 0) is 21.9 Å². The van der Waals surface area contributed by atoms with Gasteiger partial charge in [-0.2, -0.15) is 0 Å². The summed E-state index contributed by atoms with van der Waals surface area (Å²) in [7, 11) is -4.94. The van der Waals surface area contributed by atoms with Crippen LogP contribution >= 0.6 is 0 Å². The number of carbonyl (C=O) groups excluding carboxylic acids is 2. The standard InChI is InChI=1S/2C12H8N2.C9H9NO3.ClHO4.Cu.2H2O/c2*1-3-9-5-6-10-4-2-8-14-12(10)11(9)13-7-1;11-8(12)6-10-9(13)7-4-2-1-3-5-7;2-1(3,4)5;;;/h2*1-8H;1-5H,6H2,(H,10,13)(H,11,12);(H,2,3,4,5);;2*1H2/q;;;;+2;;/p-2.